The van der Waals surface area contributed by atoms with Crippen molar-refractivity contribution in [2.45, 2.75) is 25.4 Å². The standard InChI is InChI=1S/C19H27FN4O3.2ClH/c1-14(19(26)22-16-4-2-3-15(20)11-16)23-6-8-24(9-7-23)18(25)12-17-13-27-10-5-21-17;;/h2-4,11,14,17,21H,5-10,12-13H2,1H3,(H,22,26);2*1H. The highest BCUT2D eigenvalue weighted by Crippen LogP contribution is 2.13. The van der Waals surface area contributed by atoms with Gasteiger partial charge in [-0.1, -0.05) is 6.07 Å². The maximum Gasteiger partial charge on any atom is 0.241 e. The van der Waals surface area contributed by atoms with Crippen LogP contribution < -0.4 is 10.6 Å². The number of halogens is 3. The number of benzene rings is 1. The molecule has 0 saturated carbocycles. The van der Waals surface area contributed by atoms with Crippen LogP contribution in [0.15, 0.2) is 24.3 Å². The smallest absolute Gasteiger partial charge is 0.241 e. The van der Waals surface area contributed by atoms with Crippen LogP contribution in [0.25, 0.3) is 0 Å². The second-order valence-corrected chi connectivity index (χ2v) is 7.02. The Balaban J connectivity index is 0.00000210. The molecule has 7 nitrogen and oxygen atoms in total. The quantitative estimate of drug-likeness (QED) is 0.711. The summed E-state index contributed by atoms with van der Waals surface area (Å²) in [6.07, 6.45) is 0.440. The number of carbonyl (C=O) groups is 2. The normalized spacial score (nSPS) is 20.8. The highest BCUT2D eigenvalue weighted by Gasteiger charge is 2.28. The lowest BCUT2D eigenvalue weighted by molar-refractivity contribution is -0.135. The van der Waals surface area contributed by atoms with E-state index in [2.05, 4.69) is 10.6 Å². The van der Waals surface area contributed by atoms with Crippen molar-refractivity contribution in [2.24, 2.45) is 0 Å². The molecule has 29 heavy (non-hydrogen) atoms. The van der Waals surface area contributed by atoms with E-state index >= 15 is 0 Å². The van der Waals surface area contributed by atoms with Gasteiger partial charge in [0.1, 0.15) is 5.82 Å². The topological polar surface area (TPSA) is 73.9 Å². The number of nitrogens with one attached hydrogen (secondary N) is 2. The minimum absolute atomic E-state index is 0. The summed E-state index contributed by atoms with van der Waals surface area (Å²) in [4.78, 5) is 28.8. The third-order valence-electron chi connectivity index (χ3n) is 5.11. The van der Waals surface area contributed by atoms with Crippen molar-refractivity contribution in [3.8, 4) is 0 Å². The van der Waals surface area contributed by atoms with Gasteiger partial charge in [-0.3, -0.25) is 14.5 Å². The Morgan fingerprint density at radius 1 is 1.28 bits per heavy atom. The van der Waals surface area contributed by atoms with Gasteiger partial charge in [0.2, 0.25) is 11.8 Å². The van der Waals surface area contributed by atoms with E-state index < -0.39 is 0 Å². The minimum atomic E-state index is -0.384. The Morgan fingerprint density at radius 3 is 2.62 bits per heavy atom. The summed E-state index contributed by atoms with van der Waals surface area (Å²) in [5.41, 5.74) is 0.447. The molecule has 2 aliphatic heterocycles. The zero-order chi connectivity index (χ0) is 19.2. The van der Waals surface area contributed by atoms with Gasteiger partial charge < -0.3 is 20.3 Å². The SMILES string of the molecule is CC(C(=O)Nc1cccc(F)c1)N1CCN(C(=O)CC2COCCN2)CC1.Cl.Cl. The second kappa shape index (κ2) is 12.3. The summed E-state index contributed by atoms with van der Waals surface area (Å²) in [6.45, 7) is 6.35. The Bertz CT molecular complexity index is 669. The number of hydrogen-bond donors (Lipinski definition) is 2. The Labute approximate surface area is 183 Å². The number of ether oxygens (including phenoxy) is 1. The van der Waals surface area contributed by atoms with Crippen LogP contribution in [0.2, 0.25) is 0 Å². The molecule has 2 fully saturated rings. The summed E-state index contributed by atoms with van der Waals surface area (Å²) in [7, 11) is 0. The first kappa shape index (κ1) is 25.6. The van der Waals surface area contributed by atoms with E-state index in [0.29, 0.717) is 51.5 Å². The van der Waals surface area contributed by atoms with Crippen LogP contribution in [0.5, 0.6) is 0 Å². The maximum absolute atomic E-state index is 13.2. The first-order valence-corrected chi connectivity index (χ1v) is 9.42. The predicted octanol–water partition coefficient (Wildman–Crippen LogP) is 1.52. The van der Waals surface area contributed by atoms with Gasteiger partial charge in [-0.25, -0.2) is 4.39 Å². The molecule has 0 aromatic heterocycles. The second-order valence-electron chi connectivity index (χ2n) is 7.02. The van der Waals surface area contributed by atoms with Crippen LogP contribution in [-0.4, -0.2) is 79.6 Å². The molecular weight excluding hydrogens is 422 g/mol. The first-order chi connectivity index (χ1) is 13.0. The van der Waals surface area contributed by atoms with Crippen molar-refractivity contribution < 1.29 is 18.7 Å². The van der Waals surface area contributed by atoms with Gasteiger partial charge >= 0.3 is 0 Å². The van der Waals surface area contributed by atoms with Crippen molar-refractivity contribution in [3.05, 3.63) is 30.1 Å². The molecule has 0 spiro atoms. The average Bonchev–Trinajstić information content (AvgIpc) is 2.68. The predicted molar refractivity (Wildman–Crippen MR) is 114 cm³/mol. The molecule has 1 aromatic carbocycles. The Morgan fingerprint density at radius 2 is 2.00 bits per heavy atom. The monoisotopic (exact) mass is 450 g/mol. The van der Waals surface area contributed by atoms with Gasteiger partial charge in [0.05, 0.1) is 19.3 Å². The number of hydrogen-bond acceptors (Lipinski definition) is 5. The highest BCUT2D eigenvalue weighted by molar-refractivity contribution is 5.94. The van der Waals surface area contributed by atoms with Gasteiger partial charge in [-0.05, 0) is 25.1 Å². The molecule has 0 aliphatic carbocycles. The molecule has 0 bridgehead atoms. The molecule has 10 heteroatoms. The summed E-state index contributed by atoms with van der Waals surface area (Å²) < 4.78 is 18.6. The highest BCUT2D eigenvalue weighted by atomic mass is 35.5. The fourth-order valence-electron chi connectivity index (χ4n) is 3.43. The largest absolute Gasteiger partial charge is 0.378 e. The van der Waals surface area contributed by atoms with Crippen LogP contribution in [0.1, 0.15) is 13.3 Å². The fourth-order valence-corrected chi connectivity index (χ4v) is 3.43. The first-order valence-electron chi connectivity index (χ1n) is 9.42. The molecule has 2 aliphatic rings. The van der Waals surface area contributed by atoms with Gasteiger partial charge in [0.25, 0.3) is 0 Å². The lowest BCUT2D eigenvalue weighted by atomic mass is 10.1. The molecule has 2 unspecified atom stereocenters. The Kier molecular flexibility index (Phi) is 10.8. The Hall–Kier alpha value is -1.45. The lowest BCUT2D eigenvalue weighted by Crippen LogP contribution is -2.55. The fraction of sp³-hybridized carbons (Fsp3) is 0.579. The van der Waals surface area contributed by atoms with Crippen LogP contribution in [-0.2, 0) is 14.3 Å². The molecule has 2 N–H and O–H groups in total. The van der Waals surface area contributed by atoms with Crippen molar-refractivity contribution >= 4 is 42.3 Å². The van der Waals surface area contributed by atoms with E-state index in [0.717, 1.165) is 6.54 Å². The van der Waals surface area contributed by atoms with Crippen LogP contribution >= 0.6 is 24.8 Å². The summed E-state index contributed by atoms with van der Waals surface area (Å²) in [5, 5.41) is 6.04. The number of carbonyl (C=O) groups excluding carboxylic acids is 2. The minimum Gasteiger partial charge on any atom is -0.378 e. The van der Waals surface area contributed by atoms with E-state index in [9.17, 15) is 14.0 Å². The average molecular weight is 451 g/mol. The number of amides is 2. The van der Waals surface area contributed by atoms with E-state index in [1.807, 2.05) is 16.7 Å². The number of anilines is 1. The zero-order valence-electron chi connectivity index (χ0n) is 16.4. The molecule has 0 radical (unpaired) electrons. The lowest BCUT2D eigenvalue weighted by Gasteiger charge is -2.38. The van der Waals surface area contributed by atoms with Crippen LogP contribution in [0.3, 0.4) is 0 Å². The van der Waals surface area contributed by atoms with Crippen molar-refractivity contribution in [1.29, 1.82) is 0 Å². The van der Waals surface area contributed by atoms with Crippen molar-refractivity contribution in [2.75, 3.05) is 51.3 Å². The molecule has 1 aromatic rings. The number of nitrogens with zero attached hydrogens (tertiary/aromatic N) is 2. The van der Waals surface area contributed by atoms with E-state index in [1.54, 1.807) is 12.1 Å². The molecule has 3 rings (SSSR count). The van der Waals surface area contributed by atoms with E-state index in [1.165, 1.54) is 12.1 Å². The van der Waals surface area contributed by atoms with E-state index in [4.69, 9.17) is 4.74 Å². The van der Waals surface area contributed by atoms with Crippen LogP contribution in [0, 0.1) is 5.82 Å². The summed E-state index contributed by atoms with van der Waals surface area (Å²) in [6, 6.07) is 5.59. The summed E-state index contributed by atoms with van der Waals surface area (Å²) >= 11 is 0. The van der Waals surface area contributed by atoms with Gasteiger partial charge in [0, 0.05) is 50.9 Å². The van der Waals surface area contributed by atoms with Crippen molar-refractivity contribution in [3.63, 3.8) is 0 Å². The zero-order valence-corrected chi connectivity index (χ0v) is 18.1. The van der Waals surface area contributed by atoms with Crippen molar-refractivity contribution in [1.82, 2.24) is 15.1 Å². The molecule has 2 heterocycles. The van der Waals surface area contributed by atoms with Gasteiger partial charge in [-0.2, -0.15) is 0 Å². The molecule has 164 valence electrons. The molecule has 2 amide bonds. The van der Waals surface area contributed by atoms with Gasteiger partial charge in [-0.15, -0.1) is 24.8 Å². The number of rotatable bonds is 5. The molecular formula is C19H29Cl2FN4O3. The number of morpholine rings is 1. The third kappa shape index (κ3) is 7.38. The summed E-state index contributed by atoms with van der Waals surface area (Å²) in [5.74, 6) is -0.441. The third-order valence-corrected chi connectivity index (χ3v) is 5.11. The molecule has 2 atom stereocenters. The maximum atomic E-state index is 13.2. The van der Waals surface area contributed by atoms with Crippen LogP contribution in [0.4, 0.5) is 10.1 Å². The molecule has 2 saturated heterocycles. The van der Waals surface area contributed by atoms with E-state index in [-0.39, 0.29) is 54.5 Å². The van der Waals surface area contributed by atoms with Gasteiger partial charge in [0.15, 0.2) is 0 Å². The number of piperazine rings is 1.